The maximum Gasteiger partial charge on any atom is 0.295 e. The molecular formula is C25H27Cl2NO8. The van der Waals surface area contributed by atoms with Crippen molar-refractivity contribution in [2.45, 2.75) is 13.0 Å². The minimum atomic E-state index is -0.964. The molecule has 36 heavy (non-hydrogen) atoms. The number of hydrogen-bond acceptors (Lipinski definition) is 8. The number of benzene rings is 2. The number of aliphatic hydroxyl groups excluding tert-OH is 1. The second-order valence-electron chi connectivity index (χ2n) is 7.62. The molecule has 11 heteroatoms. The van der Waals surface area contributed by atoms with Crippen molar-refractivity contribution in [1.29, 1.82) is 0 Å². The number of carbonyl (C=O) groups is 2. The molecule has 0 saturated carbocycles. The van der Waals surface area contributed by atoms with E-state index in [-0.39, 0.29) is 45.8 Å². The summed E-state index contributed by atoms with van der Waals surface area (Å²) in [6.45, 7) is 2.52. The highest BCUT2D eigenvalue weighted by Gasteiger charge is 2.46. The number of ether oxygens (including phenoxy) is 5. The lowest BCUT2D eigenvalue weighted by molar-refractivity contribution is -0.140. The monoisotopic (exact) mass is 539 g/mol. The quantitative estimate of drug-likeness (QED) is 0.267. The van der Waals surface area contributed by atoms with Gasteiger partial charge in [0.1, 0.15) is 10.8 Å². The largest absolute Gasteiger partial charge is 0.507 e. The molecule has 194 valence electrons. The molecule has 3 rings (SSSR count). The Bertz CT molecular complexity index is 1200. The van der Waals surface area contributed by atoms with Gasteiger partial charge in [0.15, 0.2) is 23.0 Å². The van der Waals surface area contributed by atoms with Crippen molar-refractivity contribution in [3.8, 4) is 23.0 Å². The number of halogens is 2. The van der Waals surface area contributed by atoms with E-state index in [2.05, 4.69) is 0 Å². The molecule has 1 N–H and O–H groups in total. The number of amides is 1. The maximum atomic E-state index is 13.3. The number of methoxy groups -OCH3 is 4. The lowest BCUT2D eigenvalue weighted by Crippen LogP contribution is -2.32. The fourth-order valence-corrected chi connectivity index (χ4v) is 4.75. The Morgan fingerprint density at radius 1 is 1.00 bits per heavy atom. The van der Waals surface area contributed by atoms with Gasteiger partial charge >= 0.3 is 0 Å². The first-order valence-corrected chi connectivity index (χ1v) is 11.7. The third-order valence-corrected chi connectivity index (χ3v) is 6.30. The van der Waals surface area contributed by atoms with Crippen molar-refractivity contribution in [3.05, 3.63) is 51.0 Å². The average molecular weight is 540 g/mol. The van der Waals surface area contributed by atoms with Crippen LogP contribution in [0.3, 0.4) is 0 Å². The van der Waals surface area contributed by atoms with Gasteiger partial charge in [0, 0.05) is 13.7 Å². The Labute approximate surface area is 219 Å². The number of aliphatic hydroxyl groups is 1. The highest BCUT2D eigenvalue weighted by Crippen LogP contribution is 2.47. The molecule has 0 spiro atoms. The molecule has 1 atom stereocenters. The summed E-state index contributed by atoms with van der Waals surface area (Å²) in [6.07, 6.45) is 0. The Hall–Kier alpha value is -3.14. The zero-order valence-corrected chi connectivity index (χ0v) is 22.0. The predicted octanol–water partition coefficient (Wildman–Crippen LogP) is 4.49. The summed E-state index contributed by atoms with van der Waals surface area (Å²) < 4.78 is 26.8. The Kier molecular flexibility index (Phi) is 8.94. The van der Waals surface area contributed by atoms with Crippen LogP contribution in [0, 0.1) is 0 Å². The summed E-state index contributed by atoms with van der Waals surface area (Å²) in [6, 6.07) is 5.42. The molecule has 1 aliphatic rings. The van der Waals surface area contributed by atoms with Crippen LogP contribution in [-0.2, 0) is 14.3 Å². The Balaban J connectivity index is 2.29. The van der Waals surface area contributed by atoms with Crippen molar-refractivity contribution in [1.82, 2.24) is 4.90 Å². The second kappa shape index (κ2) is 11.7. The fraction of sp³-hybridized carbons (Fsp3) is 0.360. The third-order valence-electron chi connectivity index (χ3n) is 5.67. The Morgan fingerprint density at radius 3 is 2.28 bits per heavy atom. The molecule has 1 saturated heterocycles. The summed E-state index contributed by atoms with van der Waals surface area (Å²) in [7, 11) is 5.69. The van der Waals surface area contributed by atoms with Gasteiger partial charge in [-0.3, -0.25) is 9.59 Å². The van der Waals surface area contributed by atoms with Crippen molar-refractivity contribution < 1.29 is 38.4 Å². The lowest BCUT2D eigenvalue weighted by Gasteiger charge is -2.26. The Morgan fingerprint density at radius 2 is 1.69 bits per heavy atom. The van der Waals surface area contributed by atoms with Crippen LogP contribution < -0.4 is 18.9 Å². The first kappa shape index (κ1) is 27.4. The van der Waals surface area contributed by atoms with Gasteiger partial charge in [-0.2, -0.15) is 0 Å². The van der Waals surface area contributed by atoms with Gasteiger partial charge in [-0.05, 0) is 30.7 Å². The minimum Gasteiger partial charge on any atom is -0.507 e. The standard InChI is InChI=1S/C25H27Cl2NO8/c1-6-36-16-8-7-13(11-17(16)33-3)20-18(22(30)25(31)28(20)9-10-32-2)21(29)14-12-15(26)24(35-5)19(27)23(14)34-4/h7-8,11-12,20,29H,6,9-10H2,1-5H3/b21-18+. The van der Waals surface area contributed by atoms with Crippen LogP contribution in [0.25, 0.3) is 5.76 Å². The number of hydrogen-bond donors (Lipinski definition) is 1. The molecule has 1 heterocycles. The molecule has 0 aliphatic carbocycles. The zero-order valence-electron chi connectivity index (χ0n) is 20.5. The van der Waals surface area contributed by atoms with Gasteiger partial charge < -0.3 is 33.7 Å². The van der Waals surface area contributed by atoms with E-state index in [4.69, 9.17) is 46.9 Å². The van der Waals surface area contributed by atoms with Gasteiger partial charge in [-0.1, -0.05) is 29.3 Å². The van der Waals surface area contributed by atoms with Crippen LogP contribution in [0.5, 0.6) is 23.0 Å². The SMILES string of the molecule is CCOc1ccc(C2/C(=C(\O)c3cc(Cl)c(OC)c(Cl)c3OC)C(=O)C(=O)N2CCOC)cc1OC. The molecule has 2 aromatic rings. The van der Waals surface area contributed by atoms with E-state index in [0.717, 1.165) is 0 Å². The number of nitrogens with zero attached hydrogens (tertiary/aromatic N) is 1. The van der Waals surface area contributed by atoms with Gasteiger partial charge in [0.05, 0.1) is 56.7 Å². The molecule has 2 aromatic carbocycles. The molecular weight excluding hydrogens is 513 g/mol. The van der Waals surface area contributed by atoms with E-state index in [1.807, 2.05) is 6.92 Å². The van der Waals surface area contributed by atoms with Crippen LogP contribution >= 0.6 is 23.2 Å². The van der Waals surface area contributed by atoms with E-state index in [0.29, 0.717) is 23.7 Å². The number of Topliss-reactive ketones (excluding diaryl/α,β-unsaturated/α-hetero) is 1. The minimum absolute atomic E-state index is 0.00180. The molecule has 1 aliphatic heterocycles. The summed E-state index contributed by atoms with van der Waals surface area (Å²) in [5.74, 6) is -1.12. The molecule has 0 bridgehead atoms. The van der Waals surface area contributed by atoms with E-state index >= 15 is 0 Å². The van der Waals surface area contributed by atoms with Crippen LogP contribution in [0.15, 0.2) is 29.8 Å². The van der Waals surface area contributed by atoms with Crippen molar-refractivity contribution >= 4 is 40.7 Å². The average Bonchev–Trinajstić information content (AvgIpc) is 3.12. The predicted molar refractivity (Wildman–Crippen MR) is 135 cm³/mol. The van der Waals surface area contributed by atoms with Gasteiger partial charge in [-0.15, -0.1) is 0 Å². The number of likely N-dealkylation sites (tertiary alicyclic amines) is 1. The van der Waals surface area contributed by atoms with Crippen LogP contribution in [0.4, 0.5) is 0 Å². The molecule has 9 nitrogen and oxygen atoms in total. The summed E-state index contributed by atoms with van der Waals surface area (Å²) in [4.78, 5) is 27.7. The van der Waals surface area contributed by atoms with E-state index in [9.17, 15) is 14.7 Å². The molecule has 0 radical (unpaired) electrons. The molecule has 1 fully saturated rings. The van der Waals surface area contributed by atoms with Gasteiger partial charge in [-0.25, -0.2) is 0 Å². The summed E-state index contributed by atoms with van der Waals surface area (Å²) in [5, 5.41) is 11.5. The van der Waals surface area contributed by atoms with Gasteiger partial charge in [0.25, 0.3) is 11.7 Å². The first-order chi connectivity index (χ1) is 17.2. The number of ketones is 1. The van der Waals surface area contributed by atoms with E-state index in [1.54, 1.807) is 18.2 Å². The molecule has 1 unspecified atom stereocenters. The number of rotatable bonds is 10. The van der Waals surface area contributed by atoms with Gasteiger partial charge in [0.2, 0.25) is 0 Å². The normalized spacial score (nSPS) is 16.9. The highest BCUT2D eigenvalue weighted by atomic mass is 35.5. The van der Waals surface area contributed by atoms with Crippen molar-refractivity contribution in [2.75, 3.05) is 48.2 Å². The zero-order chi connectivity index (χ0) is 26.6. The van der Waals surface area contributed by atoms with Crippen molar-refractivity contribution in [2.24, 2.45) is 0 Å². The lowest BCUT2D eigenvalue weighted by atomic mass is 9.94. The fourth-order valence-electron chi connectivity index (χ4n) is 4.07. The highest BCUT2D eigenvalue weighted by molar-refractivity contribution is 6.47. The molecule has 0 aromatic heterocycles. The van der Waals surface area contributed by atoms with Crippen LogP contribution in [0.2, 0.25) is 10.0 Å². The summed E-state index contributed by atoms with van der Waals surface area (Å²) in [5.41, 5.74) is 0.371. The molecule has 1 amide bonds. The smallest absolute Gasteiger partial charge is 0.295 e. The first-order valence-electron chi connectivity index (χ1n) is 10.9. The third kappa shape index (κ3) is 4.91. The van der Waals surface area contributed by atoms with Crippen LogP contribution in [0.1, 0.15) is 24.1 Å². The summed E-state index contributed by atoms with van der Waals surface area (Å²) >= 11 is 12.7. The van der Waals surface area contributed by atoms with E-state index < -0.39 is 23.5 Å². The van der Waals surface area contributed by atoms with Crippen molar-refractivity contribution in [3.63, 3.8) is 0 Å². The van der Waals surface area contributed by atoms with E-state index in [1.165, 1.54) is 39.4 Å². The maximum absolute atomic E-state index is 13.3. The number of carbonyl (C=O) groups excluding carboxylic acids is 2. The topological polar surface area (TPSA) is 104 Å². The second-order valence-corrected chi connectivity index (χ2v) is 8.40. The van der Waals surface area contributed by atoms with Crippen LogP contribution in [-0.4, -0.2) is 69.9 Å².